The maximum atomic E-state index is 13.3. The summed E-state index contributed by atoms with van der Waals surface area (Å²) in [5.74, 6) is 0.561. The van der Waals surface area contributed by atoms with Crippen molar-refractivity contribution in [2.45, 2.75) is 46.1 Å². The Bertz CT molecular complexity index is 345. The van der Waals surface area contributed by atoms with Gasteiger partial charge in [0, 0.05) is 6.04 Å². The van der Waals surface area contributed by atoms with Crippen LogP contribution in [0.5, 0.6) is 0 Å². The van der Waals surface area contributed by atoms with Crippen LogP contribution < -0.4 is 5.32 Å². The molecule has 17 heavy (non-hydrogen) atoms. The summed E-state index contributed by atoms with van der Waals surface area (Å²) in [6, 6.07) is 5.32. The van der Waals surface area contributed by atoms with Crippen molar-refractivity contribution in [3.63, 3.8) is 0 Å². The number of aryl methyl sites for hydroxylation is 1. The molecule has 1 aromatic carbocycles. The van der Waals surface area contributed by atoms with Crippen molar-refractivity contribution < 1.29 is 4.39 Å². The van der Waals surface area contributed by atoms with Gasteiger partial charge < -0.3 is 5.32 Å². The summed E-state index contributed by atoms with van der Waals surface area (Å²) in [4.78, 5) is 0. The van der Waals surface area contributed by atoms with E-state index in [1.807, 2.05) is 20.0 Å². The zero-order valence-electron chi connectivity index (χ0n) is 11.4. The summed E-state index contributed by atoms with van der Waals surface area (Å²) in [5.41, 5.74) is 2.26. The Morgan fingerprint density at radius 2 is 1.88 bits per heavy atom. The zero-order chi connectivity index (χ0) is 12.8. The number of hydrogen-bond acceptors (Lipinski definition) is 1. The van der Waals surface area contributed by atoms with Gasteiger partial charge in [0.1, 0.15) is 5.82 Å². The Balaban J connectivity index is 2.89. The summed E-state index contributed by atoms with van der Waals surface area (Å²) in [7, 11) is 1.96. The Kier molecular flexibility index (Phi) is 5.63. The van der Waals surface area contributed by atoms with Crippen LogP contribution in [0.1, 0.15) is 50.3 Å². The smallest absolute Gasteiger partial charge is 0.123 e. The van der Waals surface area contributed by atoms with Crippen LogP contribution in [-0.4, -0.2) is 7.05 Å². The minimum absolute atomic E-state index is 0.143. The first kappa shape index (κ1) is 14.2. The number of hydrogen-bond donors (Lipinski definition) is 1. The molecular formula is C15H24FN. The van der Waals surface area contributed by atoms with Crippen molar-refractivity contribution in [2.75, 3.05) is 7.05 Å². The average molecular weight is 237 g/mol. The number of nitrogens with one attached hydrogen (secondary N) is 1. The van der Waals surface area contributed by atoms with Gasteiger partial charge in [-0.15, -0.1) is 0 Å². The van der Waals surface area contributed by atoms with Gasteiger partial charge in [-0.3, -0.25) is 0 Å². The van der Waals surface area contributed by atoms with E-state index in [2.05, 4.69) is 19.2 Å². The van der Waals surface area contributed by atoms with Crippen LogP contribution in [0.15, 0.2) is 18.2 Å². The highest BCUT2D eigenvalue weighted by molar-refractivity contribution is 5.29. The molecule has 0 radical (unpaired) electrons. The molecule has 0 heterocycles. The fraction of sp³-hybridized carbons (Fsp3) is 0.600. The van der Waals surface area contributed by atoms with Crippen molar-refractivity contribution >= 4 is 0 Å². The van der Waals surface area contributed by atoms with Crippen molar-refractivity contribution in [3.8, 4) is 0 Å². The molecule has 0 aliphatic carbocycles. The minimum Gasteiger partial charge on any atom is -0.313 e. The van der Waals surface area contributed by atoms with E-state index in [1.54, 1.807) is 6.07 Å². The second kappa shape index (κ2) is 6.75. The van der Waals surface area contributed by atoms with Gasteiger partial charge in [-0.1, -0.05) is 32.8 Å². The highest BCUT2D eigenvalue weighted by atomic mass is 19.1. The number of rotatable bonds is 6. The lowest BCUT2D eigenvalue weighted by molar-refractivity contribution is 0.384. The molecule has 0 fully saturated rings. The first-order valence-electron chi connectivity index (χ1n) is 6.55. The first-order chi connectivity index (χ1) is 8.12. The minimum atomic E-state index is -0.143. The van der Waals surface area contributed by atoms with Crippen LogP contribution in [0.4, 0.5) is 4.39 Å². The molecule has 0 spiro atoms. The molecule has 0 amide bonds. The van der Waals surface area contributed by atoms with Crippen LogP contribution in [0.2, 0.25) is 0 Å². The fourth-order valence-corrected chi connectivity index (χ4v) is 2.34. The van der Waals surface area contributed by atoms with Gasteiger partial charge in [0.2, 0.25) is 0 Å². The second-order valence-electron chi connectivity index (χ2n) is 4.76. The molecule has 1 unspecified atom stereocenters. The predicted octanol–water partition coefficient (Wildman–Crippen LogP) is 4.22. The van der Waals surface area contributed by atoms with Crippen LogP contribution in [0, 0.1) is 18.7 Å². The largest absolute Gasteiger partial charge is 0.313 e. The van der Waals surface area contributed by atoms with Crippen molar-refractivity contribution in [1.82, 2.24) is 5.32 Å². The summed E-state index contributed by atoms with van der Waals surface area (Å²) < 4.78 is 13.3. The van der Waals surface area contributed by atoms with Gasteiger partial charge in [0.25, 0.3) is 0 Å². The third kappa shape index (κ3) is 3.81. The summed E-state index contributed by atoms with van der Waals surface area (Å²) in [6.45, 7) is 6.49. The molecular weight excluding hydrogens is 213 g/mol. The average Bonchev–Trinajstić information content (AvgIpc) is 2.34. The van der Waals surface area contributed by atoms with E-state index in [0.717, 1.165) is 17.5 Å². The van der Waals surface area contributed by atoms with E-state index in [4.69, 9.17) is 0 Å². The van der Waals surface area contributed by atoms with Gasteiger partial charge in [-0.2, -0.15) is 0 Å². The molecule has 1 rings (SSSR count). The lowest BCUT2D eigenvalue weighted by Gasteiger charge is -2.23. The molecule has 0 aromatic heterocycles. The second-order valence-corrected chi connectivity index (χ2v) is 4.76. The number of halogens is 1. The Morgan fingerprint density at radius 1 is 1.24 bits per heavy atom. The molecule has 1 aromatic rings. The zero-order valence-corrected chi connectivity index (χ0v) is 11.4. The van der Waals surface area contributed by atoms with E-state index in [-0.39, 0.29) is 11.9 Å². The van der Waals surface area contributed by atoms with Crippen LogP contribution in [0.3, 0.4) is 0 Å². The molecule has 1 N–H and O–H groups in total. The summed E-state index contributed by atoms with van der Waals surface area (Å²) in [6.07, 6.45) is 3.44. The molecule has 1 nitrogen and oxygen atoms in total. The normalized spacial score (nSPS) is 13.1. The van der Waals surface area contributed by atoms with E-state index in [9.17, 15) is 4.39 Å². The topological polar surface area (TPSA) is 12.0 Å². The lowest BCUT2D eigenvalue weighted by atomic mass is 9.89. The third-order valence-electron chi connectivity index (χ3n) is 3.69. The molecule has 1 atom stereocenters. The summed E-state index contributed by atoms with van der Waals surface area (Å²) in [5, 5.41) is 3.32. The molecule has 96 valence electrons. The SMILES string of the molecule is CCC(CC)CC(NC)c1cc(F)ccc1C. The van der Waals surface area contributed by atoms with E-state index in [1.165, 1.54) is 18.9 Å². The first-order valence-corrected chi connectivity index (χ1v) is 6.55. The van der Waals surface area contributed by atoms with Crippen LogP contribution in [-0.2, 0) is 0 Å². The van der Waals surface area contributed by atoms with Gasteiger partial charge in [0.15, 0.2) is 0 Å². The fourth-order valence-electron chi connectivity index (χ4n) is 2.34. The van der Waals surface area contributed by atoms with Crippen molar-refractivity contribution in [3.05, 3.63) is 35.1 Å². The maximum absolute atomic E-state index is 13.3. The molecule has 0 bridgehead atoms. The Labute approximate surface area is 104 Å². The highest BCUT2D eigenvalue weighted by Crippen LogP contribution is 2.27. The summed E-state index contributed by atoms with van der Waals surface area (Å²) >= 11 is 0. The van der Waals surface area contributed by atoms with Gasteiger partial charge in [-0.05, 0) is 49.6 Å². The van der Waals surface area contributed by atoms with Gasteiger partial charge in [0.05, 0.1) is 0 Å². The molecule has 0 saturated heterocycles. The standard InChI is InChI=1S/C15H24FN/c1-5-12(6-2)9-15(17-4)14-10-13(16)8-7-11(14)3/h7-8,10,12,15,17H,5-6,9H2,1-4H3. The van der Waals surface area contributed by atoms with Crippen LogP contribution >= 0.6 is 0 Å². The van der Waals surface area contributed by atoms with Crippen LogP contribution in [0.25, 0.3) is 0 Å². The maximum Gasteiger partial charge on any atom is 0.123 e. The lowest BCUT2D eigenvalue weighted by Crippen LogP contribution is -2.20. The van der Waals surface area contributed by atoms with Gasteiger partial charge >= 0.3 is 0 Å². The van der Waals surface area contributed by atoms with E-state index < -0.39 is 0 Å². The predicted molar refractivity (Wildman–Crippen MR) is 71.6 cm³/mol. The highest BCUT2D eigenvalue weighted by Gasteiger charge is 2.16. The molecule has 0 aliphatic heterocycles. The molecule has 0 aliphatic rings. The Hall–Kier alpha value is -0.890. The number of benzene rings is 1. The molecule has 0 saturated carbocycles. The van der Waals surface area contributed by atoms with Gasteiger partial charge in [-0.25, -0.2) is 4.39 Å². The Morgan fingerprint density at radius 3 is 2.41 bits per heavy atom. The monoisotopic (exact) mass is 237 g/mol. The van der Waals surface area contributed by atoms with Crippen molar-refractivity contribution in [1.29, 1.82) is 0 Å². The van der Waals surface area contributed by atoms with E-state index >= 15 is 0 Å². The molecule has 2 heteroatoms. The third-order valence-corrected chi connectivity index (χ3v) is 3.69. The van der Waals surface area contributed by atoms with Crippen molar-refractivity contribution in [2.24, 2.45) is 5.92 Å². The quantitative estimate of drug-likeness (QED) is 0.781. The van der Waals surface area contributed by atoms with E-state index in [0.29, 0.717) is 5.92 Å².